The van der Waals surface area contributed by atoms with Crippen LogP contribution in [0, 0.1) is 46.3 Å². The maximum absolute atomic E-state index is 12.9. The Morgan fingerprint density at radius 1 is 0.936 bits per heavy atom. The summed E-state index contributed by atoms with van der Waals surface area (Å²) in [5, 5.41) is 47.2. The predicted octanol–water partition coefficient (Wildman–Crippen LogP) is 3.09. The molecule has 274 valence electrons. The summed E-state index contributed by atoms with van der Waals surface area (Å²) in [4.78, 5) is 0. The van der Waals surface area contributed by atoms with E-state index in [0.717, 1.165) is 19.3 Å². The molecular formula is C34H60O12S. The normalized spacial score (nSPS) is 49.3. The van der Waals surface area contributed by atoms with Crippen molar-refractivity contribution >= 4 is 10.4 Å². The summed E-state index contributed by atoms with van der Waals surface area (Å²) in [5.74, 6) is -1.16. The van der Waals surface area contributed by atoms with Crippen molar-refractivity contribution in [3.8, 4) is 0 Å². The third kappa shape index (κ3) is 6.82. The molecule has 0 radical (unpaired) electrons. The van der Waals surface area contributed by atoms with Crippen molar-refractivity contribution in [2.45, 2.75) is 147 Å². The second kappa shape index (κ2) is 13.9. The van der Waals surface area contributed by atoms with E-state index in [0.29, 0.717) is 38.0 Å². The summed E-state index contributed by atoms with van der Waals surface area (Å²) in [6, 6.07) is 0. The SMILES string of the molecule is CO[C@H]1[C@H](O[C@H]2CC[C@@]3(C)[C@H](C2)[C@H](O)C[C@@]2(O)[C@@H]4[C@@H](OS(=O)(=O)O)[C@H](O)[C@H]([C@H](C)CCCC(C)C)[C@@]4(C)CC[C@@H]32)OC[C@@H](OC)[C@H]1O. The number of hydrogen-bond donors (Lipinski definition) is 5. The summed E-state index contributed by atoms with van der Waals surface area (Å²) >= 11 is 0. The fourth-order valence-electron chi connectivity index (χ4n) is 11.4. The number of fused-ring (bicyclic) bond motifs is 5. The van der Waals surface area contributed by atoms with E-state index < -0.39 is 75.7 Å². The van der Waals surface area contributed by atoms with E-state index >= 15 is 0 Å². The van der Waals surface area contributed by atoms with Gasteiger partial charge in [-0.1, -0.05) is 53.9 Å². The van der Waals surface area contributed by atoms with E-state index in [1.807, 2.05) is 6.92 Å². The number of ether oxygens (including phenoxy) is 4. The zero-order chi connectivity index (χ0) is 34.7. The van der Waals surface area contributed by atoms with Crippen LogP contribution in [-0.4, -0.2) is 109 Å². The zero-order valence-corrected chi connectivity index (χ0v) is 30.0. The summed E-state index contributed by atoms with van der Waals surface area (Å²) in [6.45, 7) is 10.7. The average Bonchev–Trinajstić information content (AvgIpc) is 3.18. The van der Waals surface area contributed by atoms with Gasteiger partial charge in [0.2, 0.25) is 0 Å². The van der Waals surface area contributed by atoms with Gasteiger partial charge in [0.25, 0.3) is 0 Å². The highest BCUT2D eigenvalue weighted by Crippen LogP contribution is 2.70. The van der Waals surface area contributed by atoms with Gasteiger partial charge in [0, 0.05) is 26.6 Å². The van der Waals surface area contributed by atoms with Gasteiger partial charge in [0.15, 0.2) is 6.29 Å². The van der Waals surface area contributed by atoms with Crippen molar-refractivity contribution in [3.63, 3.8) is 0 Å². The van der Waals surface area contributed by atoms with Crippen molar-refractivity contribution in [3.05, 3.63) is 0 Å². The first kappa shape index (κ1) is 37.8. The Labute approximate surface area is 280 Å². The molecule has 5 rings (SSSR count). The van der Waals surface area contributed by atoms with Gasteiger partial charge in [-0.15, -0.1) is 0 Å². The molecule has 5 fully saturated rings. The minimum Gasteiger partial charge on any atom is -0.393 e. The van der Waals surface area contributed by atoms with Crippen molar-refractivity contribution in [1.82, 2.24) is 0 Å². The highest BCUT2D eigenvalue weighted by Gasteiger charge is 2.73. The maximum Gasteiger partial charge on any atom is 0.397 e. The van der Waals surface area contributed by atoms with Crippen LogP contribution in [0.15, 0.2) is 0 Å². The number of aliphatic hydroxyl groups excluding tert-OH is 3. The Hall–Kier alpha value is -0.450. The molecule has 5 aliphatic rings. The first-order valence-electron chi connectivity index (χ1n) is 17.7. The minimum atomic E-state index is -4.95. The van der Waals surface area contributed by atoms with Crippen LogP contribution in [0.4, 0.5) is 0 Å². The van der Waals surface area contributed by atoms with Crippen molar-refractivity contribution in [2.75, 3.05) is 20.8 Å². The molecule has 0 aromatic rings. The van der Waals surface area contributed by atoms with Crippen LogP contribution in [0.5, 0.6) is 0 Å². The molecular weight excluding hydrogens is 632 g/mol. The van der Waals surface area contributed by atoms with Gasteiger partial charge in [-0.25, -0.2) is 4.18 Å². The highest BCUT2D eigenvalue weighted by atomic mass is 32.3. The Balaban J connectivity index is 1.40. The third-order valence-corrected chi connectivity index (χ3v) is 13.8. The van der Waals surface area contributed by atoms with E-state index in [2.05, 4.69) is 27.7 Å². The molecule has 47 heavy (non-hydrogen) atoms. The lowest BCUT2D eigenvalue weighted by atomic mass is 9.42. The van der Waals surface area contributed by atoms with Gasteiger partial charge >= 0.3 is 10.4 Å². The van der Waals surface area contributed by atoms with Crippen LogP contribution in [0.3, 0.4) is 0 Å². The molecule has 1 saturated heterocycles. The zero-order valence-electron chi connectivity index (χ0n) is 29.2. The van der Waals surface area contributed by atoms with E-state index in [-0.39, 0.29) is 42.8 Å². The van der Waals surface area contributed by atoms with Crippen LogP contribution in [0.25, 0.3) is 0 Å². The first-order chi connectivity index (χ1) is 21.9. The summed E-state index contributed by atoms with van der Waals surface area (Å²) in [5.41, 5.74) is -2.74. The number of methoxy groups -OCH3 is 2. The molecule has 1 heterocycles. The van der Waals surface area contributed by atoms with Crippen LogP contribution < -0.4 is 0 Å². The second-order valence-electron chi connectivity index (χ2n) is 16.5. The van der Waals surface area contributed by atoms with E-state index in [9.17, 15) is 33.4 Å². The second-order valence-corrected chi connectivity index (χ2v) is 17.5. The van der Waals surface area contributed by atoms with Crippen LogP contribution in [-0.2, 0) is 33.5 Å². The molecule has 0 amide bonds. The first-order valence-corrected chi connectivity index (χ1v) is 19.0. The lowest BCUT2D eigenvalue weighted by Crippen LogP contribution is -2.69. The fourth-order valence-corrected chi connectivity index (χ4v) is 11.9. The molecule has 0 spiro atoms. The quantitative estimate of drug-likeness (QED) is 0.158. The van der Waals surface area contributed by atoms with Gasteiger partial charge in [-0.2, -0.15) is 8.42 Å². The molecule has 0 unspecified atom stereocenters. The van der Waals surface area contributed by atoms with Gasteiger partial charge in [-0.05, 0) is 72.5 Å². The van der Waals surface area contributed by atoms with E-state index in [4.69, 9.17) is 23.1 Å². The van der Waals surface area contributed by atoms with Crippen LogP contribution >= 0.6 is 0 Å². The minimum absolute atomic E-state index is 0.00767. The molecule has 16 atom stereocenters. The molecule has 13 heteroatoms. The lowest BCUT2D eigenvalue weighted by molar-refractivity contribution is -0.305. The number of hydrogen-bond acceptors (Lipinski definition) is 11. The fraction of sp³-hybridized carbons (Fsp3) is 1.00. The lowest BCUT2D eigenvalue weighted by Gasteiger charge is -2.66. The predicted molar refractivity (Wildman–Crippen MR) is 171 cm³/mol. The Bertz CT molecular complexity index is 1190. The smallest absolute Gasteiger partial charge is 0.393 e. The molecule has 1 aliphatic heterocycles. The van der Waals surface area contributed by atoms with Gasteiger partial charge in [0.1, 0.15) is 24.4 Å². The van der Waals surface area contributed by atoms with Crippen LogP contribution in [0.1, 0.15) is 92.4 Å². The third-order valence-electron chi connectivity index (χ3n) is 13.4. The Morgan fingerprint density at radius 3 is 2.23 bits per heavy atom. The highest BCUT2D eigenvalue weighted by molar-refractivity contribution is 7.80. The summed E-state index contributed by atoms with van der Waals surface area (Å²) in [7, 11) is -1.95. The average molecular weight is 693 g/mol. The molecule has 5 N–H and O–H groups in total. The van der Waals surface area contributed by atoms with Gasteiger partial charge in [0.05, 0.1) is 30.5 Å². The van der Waals surface area contributed by atoms with E-state index in [1.54, 1.807) is 0 Å². The topological polar surface area (TPSA) is 181 Å². The van der Waals surface area contributed by atoms with Crippen molar-refractivity contribution < 1.29 is 56.5 Å². The standard InChI is InChI=1S/C34H60O12S/c1-18(2)9-8-10-19(3)25-27(37)28(46-47(39,40)41)30-33(25,5)14-12-24-32(4)13-11-20(15-21(32)22(35)16-34(24,30)38)45-31-29(43-7)26(36)23(42-6)17-44-31/h18-31,35-38H,8-17H2,1-7H3,(H,39,40,41)/t19-,20+,21-,22-,23-,24+,25+,26-,27-,28+,29-,30-,31+,32+,33-,34+/m1/s1. The van der Waals surface area contributed by atoms with Gasteiger partial charge < -0.3 is 39.4 Å². The van der Waals surface area contributed by atoms with Crippen molar-refractivity contribution in [1.29, 1.82) is 0 Å². The molecule has 0 aromatic carbocycles. The van der Waals surface area contributed by atoms with Gasteiger partial charge in [-0.3, -0.25) is 4.55 Å². The summed E-state index contributed by atoms with van der Waals surface area (Å²) in [6.07, 6.45) is -0.891. The molecule has 0 aromatic heterocycles. The van der Waals surface area contributed by atoms with E-state index in [1.165, 1.54) is 14.2 Å². The summed E-state index contributed by atoms with van der Waals surface area (Å²) < 4.78 is 62.7. The molecule has 0 bridgehead atoms. The van der Waals surface area contributed by atoms with Crippen molar-refractivity contribution in [2.24, 2.45) is 46.3 Å². The number of rotatable bonds is 11. The number of aliphatic hydroxyl groups is 4. The molecule has 12 nitrogen and oxygen atoms in total. The molecule has 4 saturated carbocycles. The Morgan fingerprint density at radius 2 is 1.62 bits per heavy atom. The molecule has 4 aliphatic carbocycles. The largest absolute Gasteiger partial charge is 0.397 e. The van der Waals surface area contributed by atoms with Crippen LogP contribution in [0.2, 0.25) is 0 Å². The Kier molecular flexibility index (Phi) is 11.2. The monoisotopic (exact) mass is 692 g/mol. The maximum atomic E-state index is 12.9.